The minimum atomic E-state index is -3.36. The Balaban J connectivity index is 1.94. The summed E-state index contributed by atoms with van der Waals surface area (Å²) in [4.78, 5) is 14.6. The van der Waals surface area contributed by atoms with Crippen molar-refractivity contribution in [3.63, 3.8) is 0 Å². The number of carbonyl (C=O) groups excluding carboxylic acids is 1. The lowest BCUT2D eigenvalue weighted by molar-refractivity contribution is -0.125. The molecule has 2 unspecified atom stereocenters. The molecule has 1 amide bonds. The fourth-order valence-corrected chi connectivity index (χ4v) is 4.11. The molecule has 2 atom stereocenters. The van der Waals surface area contributed by atoms with Crippen LogP contribution >= 0.6 is 0 Å². The van der Waals surface area contributed by atoms with Crippen LogP contribution in [0, 0.1) is 0 Å². The van der Waals surface area contributed by atoms with Crippen LogP contribution < -0.4 is 10.2 Å². The molecular weight excluding hydrogens is 326 g/mol. The van der Waals surface area contributed by atoms with Gasteiger partial charge in [-0.2, -0.15) is 4.31 Å². The number of benzene rings is 1. The second-order valence-electron chi connectivity index (χ2n) is 6.43. The summed E-state index contributed by atoms with van der Waals surface area (Å²) < 4.78 is 25.1. The number of nitrogens with one attached hydrogen (secondary N) is 1. The van der Waals surface area contributed by atoms with Gasteiger partial charge >= 0.3 is 0 Å². The number of para-hydroxylation sites is 1. The molecule has 0 bridgehead atoms. The van der Waals surface area contributed by atoms with Crippen LogP contribution in [0.25, 0.3) is 0 Å². The van der Waals surface area contributed by atoms with E-state index in [4.69, 9.17) is 0 Å². The maximum absolute atomic E-state index is 12.5. The van der Waals surface area contributed by atoms with Crippen LogP contribution in [0.15, 0.2) is 30.3 Å². The molecular formula is C17H27N3O3S. The standard InChI is InChI=1S/C17H27N3O3S/c1-14(19(2)15-9-5-4-6-10-15)13-18-17(21)16-11-7-8-12-20(16)24(3,22)23/h4-6,9-10,14,16H,7-8,11-13H2,1-3H3,(H,18,21). The summed E-state index contributed by atoms with van der Waals surface area (Å²) in [6.45, 7) is 2.93. The second kappa shape index (κ2) is 7.98. The van der Waals surface area contributed by atoms with Gasteiger partial charge in [-0.05, 0) is 31.9 Å². The number of hydrogen-bond donors (Lipinski definition) is 1. The van der Waals surface area contributed by atoms with E-state index in [1.165, 1.54) is 10.6 Å². The molecule has 2 rings (SSSR count). The number of rotatable bonds is 6. The van der Waals surface area contributed by atoms with E-state index in [9.17, 15) is 13.2 Å². The maximum atomic E-state index is 12.5. The fourth-order valence-electron chi connectivity index (χ4n) is 2.98. The van der Waals surface area contributed by atoms with Gasteiger partial charge in [0.1, 0.15) is 6.04 Å². The van der Waals surface area contributed by atoms with E-state index in [2.05, 4.69) is 10.2 Å². The van der Waals surface area contributed by atoms with Crippen LogP contribution in [0.4, 0.5) is 5.69 Å². The zero-order chi connectivity index (χ0) is 17.7. The van der Waals surface area contributed by atoms with Crippen molar-refractivity contribution in [3.05, 3.63) is 30.3 Å². The summed E-state index contributed by atoms with van der Waals surface area (Å²) >= 11 is 0. The topological polar surface area (TPSA) is 69.7 Å². The lowest BCUT2D eigenvalue weighted by Crippen LogP contribution is -2.53. The van der Waals surface area contributed by atoms with Gasteiger partial charge in [-0.1, -0.05) is 24.6 Å². The first-order chi connectivity index (χ1) is 11.3. The summed E-state index contributed by atoms with van der Waals surface area (Å²) in [5.41, 5.74) is 1.08. The quantitative estimate of drug-likeness (QED) is 0.840. The minimum absolute atomic E-state index is 0.103. The second-order valence-corrected chi connectivity index (χ2v) is 8.36. The smallest absolute Gasteiger partial charge is 0.238 e. The van der Waals surface area contributed by atoms with Crippen molar-refractivity contribution in [2.45, 2.75) is 38.3 Å². The van der Waals surface area contributed by atoms with Gasteiger partial charge in [0.25, 0.3) is 0 Å². The van der Waals surface area contributed by atoms with E-state index in [1.807, 2.05) is 44.3 Å². The normalized spacial score (nSPS) is 20.4. The molecule has 1 heterocycles. The van der Waals surface area contributed by atoms with Gasteiger partial charge in [-0.25, -0.2) is 8.42 Å². The third-order valence-electron chi connectivity index (χ3n) is 4.58. The van der Waals surface area contributed by atoms with Gasteiger partial charge in [-0.15, -0.1) is 0 Å². The number of hydrogen-bond acceptors (Lipinski definition) is 4. The number of amides is 1. The Morgan fingerprint density at radius 1 is 1.33 bits per heavy atom. The number of carbonyl (C=O) groups is 1. The molecule has 0 aromatic heterocycles. The van der Waals surface area contributed by atoms with Crippen LogP contribution in [0.3, 0.4) is 0 Å². The van der Waals surface area contributed by atoms with Crippen molar-refractivity contribution in [1.29, 1.82) is 0 Å². The molecule has 1 aromatic rings. The lowest BCUT2D eigenvalue weighted by Gasteiger charge is -2.33. The average molecular weight is 353 g/mol. The third-order valence-corrected chi connectivity index (χ3v) is 5.87. The minimum Gasteiger partial charge on any atom is -0.370 e. The molecule has 0 aliphatic carbocycles. The Hall–Kier alpha value is -1.60. The van der Waals surface area contributed by atoms with E-state index >= 15 is 0 Å². The first-order valence-electron chi connectivity index (χ1n) is 8.33. The van der Waals surface area contributed by atoms with Crippen LogP contribution in [-0.2, 0) is 14.8 Å². The summed E-state index contributed by atoms with van der Waals surface area (Å²) in [5.74, 6) is -0.201. The maximum Gasteiger partial charge on any atom is 0.238 e. The van der Waals surface area contributed by atoms with Gasteiger partial charge in [0.15, 0.2) is 0 Å². The molecule has 1 aliphatic heterocycles. The highest BCUT2D eigenvalue weighted by molar-refractivity contribution is 7.88. The Labute approximate surface area is 144 Å². The molecule has 24 heavy (non-hydrogen) atoms. The highest BCUT2D eigenvalue weighted by atomic mass is 32.2. The van der Waals surface area contributed by atoms with Crippen LogP contribution in [0.1, 0.15) is 26.2 Å². The average Bonchev–Trinajstić information content (AvgIpc) is 2.58. The van der Waals surface area contributed by atoms with E-state index < -0.39 is 16.1 Å². The largest absolute Gasteiger partial charge is 0.370 e. The summed E-state index contributed by atoms with van der Waals surface area (Å²) in [6, 6.07) is 9.48. The molecule has 1 saturated heterocycles. The predicted molar refractivity (Wildman–Crippen MR) is 96.5 cm³/mol. The molecule has 0 saturated carbocycles. The molecule has 0 spiro atoms. The van der Waals surface area contributed by atoms with Gasteiger partial charge in [0.2, 0.25) is 15.9 Å². The van der Waals surface area contributed by atoms with E-state index in [-0.39, 0.29) is 11.9 Å². The molecule has 0 radical (unpaired) electrons. The Bertz CT molecular complexity index is 648. The summed E-state index contributed by atoms with van der Waals surface area (Å²) in [5, 5.41) is 2.92. The Kier molecular flexibility index (Phi) is 6.23. The Morgan fingerprint density at radius 2 is 2.00 bits per heavy atom. The van der Waals surface area contributed by atoms with Crippen LogP contribution in [0.2, 0.25) is 0 Å². The zero-order valence-corrected chi connectivity index (χ0v) is 15.4. The monoisotopic (exact) mass is 353 g/mol. The van der Waals surface area contributed by atoms with Crippen molar-refractivity contribution in [2.75, 3.05) is 31.3 Å². The van der Waals surface area contributed by atoms with E-state index in [1.54, 1.807) is 0 Å². The number of sulfonamides is 1. The zero-order valence-electron chi connectivity index (χ0n) is 14.6. The van der Waals surface area contributed by atoms with Crippen molar-refractivity contribution in [2.24, 2.45) is 0 Å². The molecule has 6 nitrogen and oxygen atoms in total. The number of nitrogens with zero attached hydrogens (tertiary/aromatic N) is 2. The number of likely N-dealkylation sites (N-methyl/N-ethyl adjacent to an activating group) is 1. The molecule has 7 heteroatoms. The van der Waals surface area contributed by atoms with Gasteiger partial charge in [-0.3, -0.25) is 4.79 Å². The highest BCUT2D eigenvalue weighted by Crippen LogP contribution is 2.20. The predicted octanol–water partition coefficient (Wildman–Crippen LogP) is 1.44. The Morgan fingerprint density at radius 3 is 2.62 bits per heavy atom. The van der Waals surface area contributed by atoms with Gasteiger partial charge < -0.3 is 10.2 Å². The first-order valence-corrected chi connectivity index (χ1v) is 10.2. The van der Waals surface area contributed by atoms with Gasteiger partial charge in [0, 0.05) is 31.9 Å². The summed E-state index contributed by atoms with van der Waals surface area (Å²) in [7, 11) is -1.37. The number of piperidine rings is 1. The molecule has 1 fully saturated rings. The molecule has 1 aromatic carbocycles. The van der Waals surface area contributed by atoms with Gasteiger partial charge in [0.05, 0.1) is 6.26 Å². The highest BCUT2D eigenvalue weighted by Gasteiger charge is 2.34. The van der Waals surface area contributed by atoms with Crippen LogP contribution in [0.5, 0.6) is 0 Å². The SMILES string of the molecule is CC(CNC(=O)C1CCCCN1S(C)(=O)=O)N(C)c1ccccc1. The molecule has 1 N–H and O–H groups in total. The third kappa shape index (κ3) is 4.70. The number of anilines is 1. The molecule has 1 aliphatic rings. The summed E-state index contributed by atoms with van der Waals surface area (Å²) in [6.07, 6.45) is 3.44. The fraction of sp³-hybridized carbons (Fsp3) is 0.588. The van der Waals surface area contributed by atoms with Crippen molar-refractivity contribution in [1.82, 2.24) is 9.62 Å². The molecule has 134 valence electrons. The van der Waals surface area contributed by atoms with Crippen LogP contribution in [-0.4, -0.2) is 57.1 Å². The van der Waals surface area contributed by atoms with E-state index in [0.29, 0.717) is 19.5 Å². The first kappa shape index (κ1) is 18.7. The van der Waals surface area contributed by atoms with Crippen molar-refractivity contribution >= 4 is 21.6 Å². The lowest BCUT2D eigenvalue weighted by atomic mass is 10.0. The van der Waals surface area contributed by atoms with E-state index in [0.717, 1.165) is 18.5 Å². The van der Waals surface area contributed by atoms with Crippen molar-refractivity contribution < 1.29 is 13.2 Å². The van der Waals surface area contributed by atoms with Crippen molar-refractivity contribution in [3.8, 4) is 0 Å².